The summed E-state index contributed by atoms with van der Waals surface area (Å²) in [4.78, 5) is 2.08. The first kappa shape index (κ1) is 13.4. The number of rotatable bonds is 3. The molecule has 5 nitrogen and oxygen atoms in total. The zero-order valence-electron chi connectivity index (χ0n) is 9.65. The van der Waals surface area contributed by atoms with Gasteiger partial charge < -0.3 is 10.6 Å². The molecule has 0 bridgehead atoms. The van der Waals surface area contributed by atoms with Crippen LogP contribution in [-0.2, 0) is 9.84 Å². The van der Waals surface area contributed by atoms with Crippen molar-refractivity contribution in [3.05, 3.63) is 0 Å². The average molecular weight is 245 g/mol. The lowest BCUT2D eigenvalue weighted by molar-refractivity contribution is 0.274. The van der Waals surface area contributed by atoms with E-state index in [2.05, 4.69) is 4.90 Å². The predicted octanol–water partition coefficient (Wildman–Crippen LogP) is -0.262. The lowest BCUT2D eigenvalue weighted by atomic mass is 10.0. The van der Waals surface area contributed by atoms with Crippen LogP contribution in [0.25, 0.3) is 0 Å². The van der Waals surface area contributed by atoms with Gasteiger partial charge in [-0.2, -0.15) is 5.26 Å². The number of hydrogen-bond donors (Lipinski definition) is 1. The first-order valence-electron chi connectivity index (χ1n) is 5.48. The van der Waals surface area contributed by atoms with Crippen LogP contribution < -0.4 is 5.73 Å². The van der Waals surface area contributed by atoms with Gasteiger partial charge >= 0.3 is 0 Å². The van der Waals surface area contributed by atoms with Gasteiger partial charge in [0.15, 0.2) is 9.84 Å². The first-order valence-corrected chi connectivity index (χ1v) is 7.30. The van der Waals surface area contributed by atoms with Gasteiger partial charge in [-0.3, -0.25) is 0 Å². The second-order valence-electron chi connectivity index (χ2n) is 4.63. The molecule has 2 N–H and O–H groups in total. The van der Waals surface area contributed by atoms with Crippen molar-refractivity contribution in [1.82, 2.24) is 4.90 Å². The highest BCUT2D eigenvalue weighted by atomic mass is 32.2. The SMILES string of the molecule is CC(N)(C#N)CCN1CCCS(=O)(=O)CC1. The van der Waals surface area contributed by atoms with E-state index in [1.165, 1.54) is 0 Å². The van der Waals surface area contributed by atoms with Crippen molar-refractivity contribution in [2.75, 3.05) is 31.1 Å². The maximum Gasteiger partial charge on any atom is 0.151 e. The zero-order chi connectivity index (χ0) is 12.2. The molecule has 0 saturated carbocycles. The predicted molar refractivity (Wildman–Crippen MR) is 62.5 cm³/mol. The van der Waals surface area contributed by atoms with Gasteiger partial charge in [0, 0.05) is 13.1 Å². The minimum atomic E-state index is -2.85. The molecule has 0 aliphatic carbocycles. The van der Waals surface area contributed by atoms with Crippen LogP contribution in [0, 0.1) is 11.3 Å². The van der Waals surface area contributed by atoms with E-state index in [-0.39, 0.29) is 11.5 Å². The van der Waals surface area contributed by atoms with Gasteiger partial charge in [0.1, 0.15) is 5.54 Å². The molecule has 0 amide bonds. The second-order valence-corrected chi connectivity index (χ2v) is 6.93. The van der Waals surface area contributed by atoms with Crippen LogP contribution >= 0.6 is 0 Å². The Morgan fingerprint density at radius 3 is 2.75 bits per heavy atom. The van der Waals surface area contributed by atoms with Crippen LogP contribution in [0.15, 0.2) is 0 Å². The van der Waals surface area contributed by atoms with Crippen LogP contribution in [0.5, 0.6) is 0 Å². The van der Waals surface area contributed by atoms with Crippen molar-refractivity contribution < 1.29 is 8.42 Å². The lowest BCUT2D eigenvalue weighted by Crippen LogP contribution is -2.39. The number of nitrogens with two attached hydrogens (primary N) is 1. The summed E-state index contributed by atoms with van der Waals surface area (Å²) in [6.07, 6.45) is 1.25. The molecule has 0 aromatic heterocycles. The molecule has 0 aromatic carbocycles. The Bertz CT molecular complexity index is 370. The Morgan fingerprint density at radius 1 is 1.44 bits per heavy atom. The molecule has 92 valence electrons. The topological polar surface area (TPSA) is 87.2 Å². The largest absolute Gasteiger partial charge is 0.314 e. The van der Waals surface area contributed by atoms with E-state index in [0.717, 1.165) is 6.54 Å². The van der Waals surface area contributed by atoms with E-state index in [4.69, 9.17) is 11.0 Å². The van der Waals surface area contributed by atoms with Crippen molar-refractivity contribution in [2.45, 2.75) is 25.3 Å². The summed E-state index contributed by atoms with van der Waals surface area (Å²) in [5.74, 6) is 0.502. The van der Waals surface area contributed by atoms with Crippen LogP contribution in [-0.4, -0.2) is 50.0 Å². The van der Waals surface area contributed by atoms with Crippen molar-refractivity contribution in [3.63, 3.8) is 0 Å². The number of sulfone groups is 1. The van der Waals surface area contributed by atoms with Crippen molar-refractivity contribution in [3.8, 4) is 6.07 Å². The second kappa shape index (κ2) is 5.13. The van der Waals surface area contributed by atoms with Gasteiger partial charge in [-0.15, -0.1) is 0 Å². The molecule has 1 saturated heterocycles. The van der Waals surface area contributed by atoms with Gasteiger partial charge in [0.2, 0.25) is 0 Å². The number of nitrogens with zero attached hydrogens (tertiary/aromatic N) is 2. The van der Waals surface area contributed by atoms with Gasteiger partial charge in [0.05, 0.1) is 17.6 Å². The summed E-state index contributed by atoms with van der Waals surface area (Å²) < 4.78 is 22.7. The standard InChI is InChI=1S/C10H19N3O2S/c1-10(12,9-11)3-5-13-4-2-7-16(14,15)8-6-13/h2-8,12H2,1H3. The molecule has 1 atom stereocenters. The molecule has 6 heteroatoms. The molecule has 0 radical (unpaired) electrons. The zero-order valence-corrected chi connectivity index (χ0v) is 10.5. The third kappa shape index (κ3) is 4.47. The Hall–Kier alpha value is -0.640. The molecule has 1 unspecified atom stereocenters. The summed E-state index contributed by atoms with van der Waals surface area (Å²) >= 11 is 0. The van der Waals surface area contributed by atoms with E-state index in [1.54, 1.807) is 6.92 Å². The third-order valence-electron chi connectivity index (χ3n) is 2.85. The summed E-state index contributed by atoms with van der Waals surface area (Å²) in [5.41, 5.74) is 4.91. The highest BCUT2D eigenvalue weighted by Gasteiger charge is 2.22. The van der Waals surface area contributed by atoms with Gasteiger partial charge in [0.25, 0.3) is 0 Å². The quantitative estimate of drug-likeness (QED) is 0.740. The molecular formula is C10H19N3O2S. The summed E-state index contributed by atoms with van der Waals surface area (Å²) in [6.45, 7) is 3.72. The van der Waals surface area contributed by atoms with E-state index >= 15 is 0 Å². The molecule has 16 heavy (non-hydrogen) atoms. The smallest absolute Gasteiger partial charge is 0.151 e. The molecule has 1 fully saturated rings. The van der Waals surface area contributed by atoms with Crippen molar-refractivity contribution >= 4 is 9.84 Å². The molecule has 0 spiro atoms. The number of nitriles is 1. The van der Waals surface area contributed by atoms with Gasteiger partial charge in [-0.1, -0.05) is 0 Å². The number of hydrogen-bond acceptors (Lipinski definition) is 5. The maximum absolute atomic E-state index is 11.4. The van der Waals surface area contributed by atoms with E-state index < -0.39 is 15.4 Å². The minimum absolute atomic E-state index is 0.223. The Morgan fingerprint density at radius 2 is 2.12 bits per heavy atom. The van der Waals surface area contributed by atoms with Crippen molar-refractivity contribution in [1.29, 1.82) is 5.26 Å². The summed E-state index contributed by atoms with van der Waals surface area (Å²) in [6, 6.07) is 2.05. The fourth-order valence-corrected chi connectivity index (χ4v) is 2.97. The summed E-state index contributed by atoms with van der Waals surface area (Å²) in [7, 11) is -2.85. The highest BCUT2D eigenvalue weighted by molar-refractivity contribution is 7.91. The van der Waals surface area contributed by atoms with Crippen LogP contribution in [0.4, 0.5) is 0 Å². The monoisotopic (exact) mass is 245 g/mol. The van der Waals surface area contributed by atoms with Crippen LogP contribution in [0.1, 0.15) is 19.8 Å². The Kier molecular flexibility index (Phi) is 4.30. The van der Waals surface area contributed by atoms with E-state index in [9.17, 15) is 8.42 Å². The highest BCUT2D eigenvalue weighted by Crippen LogP contribution is 2.09. The van der Waals surface area contributed by atoms with Crippen LogP contribution in [0.3, 0.4) is 0 Å². The average Bonchev–Trinajstić information content (AvgIpc) is 2.37. The van der Waals surface area contributed by atoms with Gasteiger partial charge in [-0.25, -0.2) is 8.42 Å². The van der Waals surface area contributed by atoms with E-state index in [1.807, 2.05) is 6.07 Å². The van der Waals surface area contributed by atoms with Gasteiger partial charge in [-0.05, 0) is 26.3 Å². The molecule has 1 aliphatic heterocycles. The lowest BCUT2D eigenvalue weighted by Gasteiger charge is -2.23. The fourth-order valence-electron chi connectivity index (χ4n) is 1.66. The van der Waals surface area contributed by atoms with Crippen molar-refractivity contribution in [2.24, 2.45) is 5.73 Å². The first-order chi connectivity index (χ1) is 7.35. The van der Waals surface area contributed by atoms with Crippen LogP contribution in [0.2, 0.25) is 0 Å². The molecular weight excluding hydrogens is 226 g/mol. The summed E-state index contributed by atoms with van der Waals surface area (Å²) in [5, 5.41) is 8.77. The van der Waals surface area contributed by atoms with E-state index in [0.29, 0.717) is 25.9 Å². The third-order valence-corrected chi connectivity index (χ3v) is 4.57. The normalized spacial score (nSPS) is 25.3. The molecule has 0 aromatic rings. The molecule has 1 heterocycles. The Labute approximate surface area is 97.1 Å². The minimum Gasteiger partial charge on any atom is -0.314 e. The maximum atomic E-state index is 11.4. The fraction of sp³-hybridized carbons (Fsp3) is 0.900. The Balaban J connectivity index is 2.43. The molecule has 1 aliphatic rings. The molecule has 1 rings (SSSR count).